The summed E-state index contributed by atoms with van der Waals surface area (Å²) in [6.07, 6.45) is 4.23. The lowest BCUT2D eigenvalue weighted by Gasteiger charge is -2.12. The van der Waals surface area contributed by atoms with Crippen molar-refractivity contribution in [2.75, 3.05) is 14.1 Å². The van der Waals surface area contributed by atoms with Gasteiger partial charge in [-0.3, -0.25) is 4.90 Å². The Morgan fingerprint density at radius 2 is 1.85 bits per heavy atom. The van der Waals surface area contributed by atoms with Crippen molar-refractivity contribution in [2.24, 2.45) is 0 Å². The zero-order valence-corrected chi connectivity index (χ0v) is 9.53. The summed E-state index contributed by atoms with van der Waals surface area (Å²) >= 11 is 3.54. The molecule has 0 N–H and O–H groups in total. The van der Waals surface area contributed by atoms with E-state index in [4.69, 9.17) is 0 Å². The van der Waals surface area contributed by atoms with Gasteiger partial charge in [-0.05, 0) is 19.7 Å². The Bertz CT molecular complexity index is 267. The fourth-order valence-corrected chi connectivity index (χ4v) is 1.08. The normalized spacial score (nSPS) is 13.8. The molecule has 0 fully saturated rings. The van der Waals surface area contributed by atoms with Gasteiger partial charge in [0.05, 0.1) is 4.95 Å². The molecule has 0 saturated heterocycles. The monoisotopic (exact) mass is 239 g/mol. The highest BCUT2D eigenvalue weighted by Gasteiger charge is 1.99. The highest BCUT2D eigenvalue weighted by atomic mass is 79.9. The zero-order valence-electron chi connectivity index (χ0n) is 7.94. The molecule has 0 heterocycles. The first-order valence-electron chi connectivity index (χ1n) is 4.24. The second kappa shape index (κ2) is 5.20. The molecule has 0 aromatic heterocycles. The van der Waals surface area contributed by atoms with Crippen LogP contribution >= 0.6 is 15.9 Å². The number of hydrogen-bond acceptors (Lipinski definition) is 1. The maximum absolute atomic E-state index is 3.54. The lowest BCUT2D eigenvalue weighted by molar-refractivity contribution is 0.434. The summed E-state index contributed by atoms with van der Waals surface area (Å²) in [5.41, 5.74) is 1.23. The number of nitrogens with zero attached hydrogens (tertiary/aromatic N) is 1. The molecule has 1 aromatic rings. The molecule has 1 nitrogen and oxygen atoms in total. The predicted octanol–water partition coefficient (Wildman–Crippen LogP) is 2.98. The van der Waals surface area contributed by atoms with Gasteiger partial charge in [-0.25, -0.2) is 0 Å². The van der Waals surface area contributed by atoms with E-state index in [2.05, 4.69) is 45.1 Å². The van der Waals surface area contributed by atoms with Gasteiger partial charge in [-0.1, -0.05) is 58.4 Å². The van der Waals surface area contributed by atoms with Crippen LogP contribution in [-0.4, -0.2) is 23.9 Å². The average molecular weight is 240 g/mol. The van der Waals surface area contributed by atoms with Crippen LogP contribution in [0.3, 0.4) is 0 Å². The Morgan fingerprint density at radius 3 is 2.38 bits per heavy atom. The highest BCUT2D eigenvalue weighted by Crippen LogP contribution is 2.08. The van der Waals surface area contributed by atoms with Gasteiger partial charge >= 0.3 is 0 Å². The Kier molecular flexibility index (Phi) is 4.19. The molecule has 1 unspecified atom stereocenters. The van der Waals surface area contributed by atoms with Gasteiger partial charge in [0.25, 0.3) is 0 Å². The van der Waals surface area contributed by atoms with Crippen molar-refractivity contribution in [2.45, 2.75) is 4.95 Å². The first-order valence-corrected chi connectivity index (χ1v) is 5.15. The summed E-state index contributed by atoms with van der Waals surface area (Å²) < 4.78 is 0. The van der Waals surface area contributed by atoms with Crippen molar-refractivity contribution in [3.05, 3.63) is 42.0 Å². The number of alkyl halides is 1. The van der Waals surface area contributed by atoms with Gasteiger partial charge in [0.1, 0.15) is 0 Å². The lowest BCUT2D eigenvalue weighted by atomic mass is 10.2. The van der Waals surface area contributed by atoms with Crippen LogP contribution in [0.15, 0.2) is 36.4 Å². The Labute approximate surface area is 88.2 Å². The number of benzene rings is 1. The van der Waals surface area contributed by atoms with Crippen LogP contribution in [0.1, 0.15) is 5.56 Å². The van der Waals surface area contributed by atoms with Crippen LogP contribution in [0.4, 0.5) is 0 Å². The largest absolute Gasteiger partial charge is 0.294 e. The van der Waals surface area contributed by atoms with E-state index in [1.165, 1.54) is 5.56 Å². The van der Waals surface area contributed by atoms with Crippen molar-refractivity contribution in [1.29, 1.82) is 0 Å². The summed E-state index contributed by atoms with van der Waals surface area (Å²) in [5.74, 6) is 0. The number of hydrogen-bond donors (Lipinski definition) is 0. The van der Waals surface area contributed by atoms with E-state index in [-0.39, 0.29) is 0 Å². The summed E-state index contributed by atoms with van der Waals surface area (Å²) in [5, 5.41) is 0. The molecule has 1 aromatic carbocycles. The second-order valence-electron chi connectivity index (χ2n) is 3.11. The summed E-state index contributed by atoms with van der Waals surface area (Å²) in [7, 11) is 4.07. The van der Waals surface area contributed by atoms with E-state index in [1.54, 1.807) is 0 Å². The van der Waals surface area contributed by atoms with Gasteiger partial charge in [-0.2, -0.15) is 0 Å². The van der Waals surface area contributed by atoms with Crippen molar-refractivity contribution in [1.82, 2.24) is 4.90 Å². The van der Waals surface area contributed by atoms with Crippen molar-refractivity contribution < 1.29 is 0 Å². The third-order valence-electron chi connectivity index (χ3n) is 1.74. The summed E-state index contributed by atoms with van der Waals surface area (Å²) in [4.78, 5) is 2.40. The maximum Gasteiger partial charge on any atom is 0.0839 e. The second-order valence-corrected chi connectivity index (χ2v) is 4.04. The minimum Gasteiger partial charge on any atom is -0.294 e. The van der Waals surface area contributed by atoms with E-state index in [0.717, 1.165) is 0 Å². The number of rotatable bonds is 3. The van der Waals surface area contributed by atoms with Gasteiger partial charge in [-0.15, -0.1) is 0 Å². The fraction of sp³-hybridized carbons (Fsp3) is 0.273. The van der Waals surface area contributed by atoms with Crippen LogP contribution in [0, 0.1) is 0 Å². The molecule has 0 aliphatic carbocycles. The van der Waals surface area contributed by atoms with Gasteiger partial charge in [0, 0.05) is 0 Å². The molecule has 0 aliphatic rings. The molecule has 13 heavy (non-hydrogen) atoms. The fourth-order valence-electron chi connectivity index (χ4n) is 0.927. The van der Waals surface area contributed by atoms with Crippen LogP contribution in [-0.2, 0) is 0 Å². The maximum atomic E-state index is 3.54. The smallest absolute Gasteiger partial charge is 0.0839 e. The minimum atomic E-state index is 0.299. The average Bonchev–Trinajstić information content (AvgIpc) is 2.15. The third kappa shape index (κ3) is 3.75. The Morgan fingerprint density at radius 1 is 1.23 bits per heavy atom. The molecular weight excluding hydrogens is 226 g/mol. The molecule has 1 rings (SSSR count). The van der Waals surface area contributed by atoms with Crippen LogP contribution in [0.25, 0.3) is 6.08 Å². The predicted molar refractivity (Wildman–Crippen MR) is 61.9 cm³/mol. The van der Waals surface area contributed by atoms with Crippen LogP contribution < -0.4 is 0 Å². The van der Waals surface area contributed by atoms with Crippen LogP contribution in [0.2, 0.25) is 0 Å². The molecule has 0 radical (unpaired) electrons. The van der Waals surface area contributed by atoms with E-state index in [9.17, 15) is 0 Å². The molecule has 0 saturated carbocycles. The third-order valence-corrected chi connectivity index (χ3v) is 2.86. The van der Waals surface area contributed by atoms with E-state index < -0.39 is 0 Å². The molecule has 70 valence electrons. The standard InChI is InChI=1S/C11H14BrN/c1-13(2)11(12)9-8-10-6-4-3-5-7-10/h3-9,11H,1-2H3. The molecular formula is C11H14BrN. The Hall–Kier alpha value is -0.600. The van der Waals surface area contributed by atoms with Crippen molar-refractivity contribution in [3.63, 3.8) is 0 Å². The van der Waals surface area contributed by atoms with Gasteiger partial charge in [0.2, 0.25) is 0 Å². The molecule has 1 atom stereocenters. The summed E-state index contributed by atoms with van der Waals surface area (Å²) in [6.45, 7) is 0. The van der Waals surface area contributed by atoms with Crippen molar-refractivity contribution in [3.8, 4) is 0 Å². The van der Waals surface area contributed by atoms with Crippen LogP contribution in [0.5, 0.6) is 0 Å². The van der Waals surface area contributed by atoms with E-state index in [0.29, 0.717) is 4.95 Å². The van der Waals surface area contributed by atoms with Gasteiger partial charge in [0.15, 0.2) is 0 Å². The lowest BCUT2D eigenvalue weighted by Crippen LogP contribution is -2.18. The van der Waals surface area contributed by atoms with E-state index >= 15 is 0 Å². The molecule has 0 amide bonds. The molecule has 0 spiro atoms. The highest BCUT2D eigenvalue weighted by molar-refractivity contribution is 9.09. The molecule has 0 bridgehead atoms. The molecule has 0 aliphatic heterocycles. The number of halogens is 1. The topological polar surface area (TPSA) is 3.24 Å². The minimum absolute atomic E-state index is 0.299. The Balaban J connectivity index is 2.59. The first-order chi connectivity index (χ1) is 6.20. The number of likely N-dealkylation sites (N-methyl/N-ethyl adjacent to an activating group) is 1. The quantitative estimate of drug-likeness (QED) is 0.580. The van der Waals surface area contributed by atoms with Gasteiger partial charge < -0.3 is 0 Å². The molecule has 2 heteroatoms. The zero-order chi connectivity index (χ0) is 9.68. The SMILES string of the molecule is CN(C)C(Br)C=Cc1ccccc1. The summed E-state index contributed by atoms with van der Waals surface area (Å²) in [6, 6.07) is 10.3. The first kappa shape index (κ1) is 10.5. The van der Waals surface area contributed by atoms with Crippen molar-refractivity contribution >= 4 is 22.0 Å². The van der Waals surface area contributed by atoms with E-state index in [1.807, 2.05) is 32.3 Å².